The summed E-state index contributed by atoms with van der Waals surface area (Å²) < 4.78 is 19.7. The molecule has 0 fully saturated rings. The van der Waals surface area contributed by atoms with Crippen LogP contribution in [0.5, 0.6) is 0 Å². The van der Waals surface area contributed by atoms with Gasteiger partial charge in [-0.05, 0) is 0 Å². The summed E-state index contributed by atoms with van der Waals surface area (Å²) in [6.45, 7) is 4.66. The van der Waals surface area contributed by atoms with Crippen LogP contribution >= 0.6 is 0 Å². The molecule has 0 saturated heterocycles. The molecular weight excluding hydrogens is 172 g/mol. The van der Waals surface area contributed by atoms with Crippen molar-refractivity contribution < 1.29 is 33.4 Å². The van der Waals surface area contributed by atoms with Crippen LogP contribution in [0.25, 0.3) is 0 Å². The Balaban J connectivity index is 3.54. The Morgan fingerprint density at radius 1 is 1.50 bits per heavy atom. The molecule has 0 radical (unpaired) electrons. The number of hydrogen-bond donors (Lipinski definition) is 0. The van der Waals surface area contributed by atoms with E-state index in [-0.39, 0.29) is 6.10 Å². The van der Waals surface area contributed by atoms with Gasteiger partial charge in [-0.2, -0.15) is 0 Å². The zero-order chi connectivity index (χ0) is 8.15. The molecule has 0 spiro atoms. The van der Waals surface area contributed by atoms with Crippen molar-refractivity contribution in [2.24, 2.45) is 0 Å². The Hall–Kier alpha value is -0.0557. The third-order valence-electron chi connectivity index (χ3n) is 0.559. The van der Waals surface area contributed by atoms with Gasteiger partial charge < -0.3 is 0 Å². The molecule has 58 valence electrons. The van der Waals surface area contributed by atoms with Gasteiger partial charge in [0.25, 0.3) is 0 Å². The van der Waals surface area contributed by atoms with E-state index < -0.39 is 24.6 Å². The second kappa shape index (κ2) is 4.71. The van der Waals surface area contributed by atoms with Gasteiger partial charge >= 0.3 is 66.2 Å². The summed E-state index contributed by atoms with van der Waals surface area (Å²) in [6.07, 6.45) is -0.146. The summed E-state index contributed by atoms with van der Waals surface area (Å²) in [6, 6.07) is 0. The van der Waals surface area contributed by atoms with E-state index in [9.17, 15) is 8.12 Å². The number of rotatable bonds is 3. The summed E-state index contributed by atoms with van der Waals surface area (Å²) in [5.41, 5.74) is 0. The molecule has 10 heavy (non-hydrogen) atoms. The van der Waals surface area contributed by atoms with Crippen molar-refractivity contribution in [1.29, 1.82) is 0 Å². The van der Waals surface area contributed by atoms with Gasteiger partial charge in [0.15, 0.2) is 0 Å². The summed E-state index contributed by atoms with van der Waals surface area (Å²) in [5.74, 6) is -0.550. The molecule has 0 atom stereocenters. The molecule has 0 rings (SSSR count). The van der Waals surface area contributed by atoms with Crippen molar-refractivity contribution in [3.63, 3.8) is 0 Å². The van der Waals surface area contributed by atoms with Crippen molar-refractivity contribution in [2.45, 2.75) is 26.9 Å². The van der Waals surface area contributed by atoms with Crippen LogP contribution in [-0.2, 0) is 33.4 Å². The number of carbonyl (C=O) groups excluding carboxylic acids is 1. The fourth-order valence-electron chi connectivity index (χ4n) is 0.334. The van der Waals surface area contributed by atoms with Crippen LogP contribution in [0.4, 0.5) is 0 Å². The van der Waals surface area contributed by atoms with Crippen molar-refractivity contribution in [3.05, 3.63) is 0 Å². The van der Waals surface area contributed by atoms with Gasteiger partial charge in [0.2, 0.25) is 0 Å². The molecule has 0 aliphatic heterocycles. The molecule has 0 aromatic carbocycles. The number of carbonyl (C=O) groups is 1. The predicted molar refractivity (Wildman–Crippen MR) is 28.7 cm³/mol. The molecule has 0 unspecified atom stereocenters. The van der Waals surface area contributed by atoms with Crippen molar-refractivity contribution in [3.8, 4) is 0 Å². The van der Waals surface area contributed by atoms with Crippen LogP contribution in [0.15, 0.2) is 0 Å². The molecule has 0 N–H and O–H groups in total. The van der Waals surface area contributed by atoms with E-state index in [4.69, 9.17) is 3.32 Å². The van der Waals surface area contributed by atoms with E-state index in [1.807, 2.05) is 0 Å². The van der Waals surface area contributed by atoms with Crippen LogP contribution in [0.1, 0.15) is 20.8 Å². The Kier molecular flexibility index (Phi) is 4.69. The average molecular weight is 182 g/mol. The van der Waals surface area contributed by atoms with Crippen LogP contribution in [0.3, 0.4) is 0 Å². The predicted octanol–water partition coefficient (Wildman–Crippen LogP) is 0.768. The zero-order valence-corrected chi connectivity index (χ0v) is 7.77. The Labute approximate surface area is 66.6 Å². The normalized spacial score (nSPS) is 9.60. The molecule has 0 saturated carbocycles. The summed E-state index contributed by atoms with van der Waals surface area (Å²) in [7, 11) is 0. The van der Waals surface area contributed by atoms with Gasteiger partial charge in [0.05, 0.1) is 0 Å². The molecule has 0 aromatic rings. The van der Waals surface area contributed by atoms with Crippen molar-refractivity contribution in [1.82, 2.24) is 0 Å². The average Bonchev–Trinajstić information content (AvgIpc) is 1.58. The first-order valence-electron chi connectivity index (χ1n) is 2.91. The maximum atomic E-state index is 10.6. The second-order valence-electron chi connectivity index (χ2n) is 2.01. The molecule has 0 heterocycles. The first-order valence-corrected chi connectivity index (χ1v) is 4.82. The Morgan fingerprint density at radius 2 is 2.00 bits per heavy atom. The fraction of sp³-hybridized carbons (Fsp3) is 0.800. The van der Waals surface area contributed by atoms with Gasteiger partial charge in [-0.15, -0.1) is 0 Å². The molecule has 0 amide bonds. The van der Waals surface area contributed by atoms with Crippen LogP contribution < -0.4 is 0 Å². The van der Waals surface area contributed by atoms with Crippen LogP contribution in [-0.4, -0.2) is 12.1 Å². The summed E-state index contributed by atoms with van der Waals surface area (Å²) >= 11 is -3.16. The van der Waals surface area contributed by atoms with Gasteiger partial charge in [-0.25, -0.2) is 0 Å². The first kappa shape index (κ1) is 9.94. The molecule has 0 aliphatic carbocycles. The molecule has 4 nitrogen and oxygen atoms in total. The summed E-state index contributed by atoms with van der Waals surface area (Å²) in [4.78, 5) is 10.2. The first-order chi connectivity index (χ1) is 4.52. The van der Waals surface area contributed by atoms with Gasteiger partial charge in [0, 0.05) is 0 Å². The van der Waals surface area contributed by atoms with Crippen LogP contribution in [0, 0.1) is 0 Å². The third kappa shape index (κ3) is 6.07. The van der Waals surface area contributed by atoms with E-state index in [2.05, 4.69) is 3.32 Å². The zero-order valence-electron chi connectivity index (χ0n) is 6.21. The van der Waals surface area contributed by atoms with E-state index in [1.165, 1.54) is 6.92 Å². The van der Waals surface area contributed by atoms with Gasteiger partial charge in [-0.1, -0.05) is 0 Å². The van der Waals surface area contributed by atoms with Crippen molar-refractivity contribution >= 4 is 5.97 Å². The van der Waals surface area contributed by atoms with E-state index in [0.717, 1.165) is 0 Å². The van der Waals surface area contributed by atoms with Gasteiger partial charge in [0.1, 0.15) is 0 Å². The molecule has 0 aliphatic rings. The minimum atomic E-state index is -3.16. The second-order valence-corrected chi connectivity index (χ2v) is 3.48. The topological polar surface area (TPSA) is 52.6 Å². The molecular formula is C5H10O4Ti. The quantitative estimate of drug-likeness (QED) is 0.604. The monoisotopic (exact) mass is 182 g/mol. The minimum absolute atomic E-state index is 0.146. The SMILES string of the molecule is CC(=O)[O][Ti](=[O])[O]C(C)C. The van der Waals surface area contributed by atoms with E-state index in [1.54, 1.807) is 13.8 Å². The Morgan fingerprint density at radius 3 is 2.30 bits per heavy atom. The fourth-order valence-corrected chi connectivity index (χ4v) is 1.38. The van der Waals surface area contributed by atoms with E-state index >= 15 is 0 Å². The molecule has 5 heteroatoms. The van der Waals surface area contributed by atoms with Gasteiger partial charge in [-0.3, -0.25) is 0 Å². The molecule has 0 bridgehead atoms. The van der Waals surface area contributed by atoms with E-state index in [0.29, 0.717) is 0 Å². The third-order valence-corrected chi connectivity index (χ3v) is 2.30. The number of hydrogen-bond acceptors (Lipinski definition) is 4. The van der Waals surface area contributed by atoms with Crippen molar-refractivity contribution in [2.75, 3.05) is 0 Å². The van der Waals surface area contributed by atoms with Crippen LogP contribution in [0.2, 0.25) is 0 Å². The molecule has 0 aromatic heterocycles. The standard InChI is InChI=1S/C3H7O.C2H4O2.O.Ti/c1-3(2)4;1-2(3)4;;/h3H,1-2H3;1H3,(H,3,4);;/q-1;;;+2/p-1. The summed E-state index contributed by atoms with van der Waals surface area (Å²) in [5, 5.41) is 0. The Bertz CT molecular complexity index is 143. The maximum absolute atomic E-state index is 10.6.